The molecule has 0 aromatic rings. The first-order valence-corrected chi connectivity index (χ1v) is 2.78. The maximum atomic E-state index is 6.53. The van der Waals surface area contributed by atoms with E-state index < -0.39 is 0 Å². The topological polar surface area (TPSA) is 35.9 Å². The maximum Gasteiger partial charge on any atom is 0.134 e. The van der Waals surface area contributed by atoms with Gasteiger partial charge in [0.25, 0.3) is 0 Å². The van der Waals surface area contributed by atoms with Crippen molar-refractivity contribution in [3.63, 3.8) is 0 Å². The summed E-state index contributed by atoms with van der Waals surface area (Å²) in [6, 6.07) is 0. The smallest absolute Gasteiger partial charge is 0.134 e. The normalized spacial score (nSPS) is 9.12. The summed E-state index contributed by atoms with van der Waals surface area (Å²) >= 11 is 8.30. The first-order valence-electron chi connectivity index (χ1n) is 1.92. The van der Waals surface area contributed by atoms with E-state index in [0.29, 0.717) is 4.32 Å². The Morgan fingerprint density at radius 3 is 2.75 bits per heavy atom. The molecule has 0 heterocycles. The van der Waals surface area contributed by atoms with Crippen molar-refractivity contribution in [2.24, 2.45) is 0 Å². The molecule has 0 atom stereocenters. The zero-order valence-electron chi connectivity index (χ0n) is 4.09. The fourth-order valence-corrected chi connectivity index (χ4v) is 0.310. The van der Waals surface area contributed by atoms with Crippen molar-refractivity contribution in [1.29, 1.82) is 5.41 Å². The molecule has 0 amide bonds. The molecule has 2 nitrogen and oxygen atoms in total. The summed E-state index contributed by atoms with van der Waals surface area (Å²) in [5.41, 5.74) is 0. The first-order chi connectivity index (χ1) is 3.77. The van der Waals surface area contributed by atoms with Crippen LogP contribution in [0, 0.1) is 5.41 Å². The van der Waals surface area contributed by atoms with Crippen molar-refractivity contribution in [3.8, 4) is 0 Å². The summed E-state index contributed by atoms with van der Waals surface area (Å²) in [6.45, 7) is 0. The quantitative estimate of drug-likeness (QED) is 0.308. The van der Waals surface area contributed by atoms with Crippen molar-refractivity contribution >= 4 is 35.4 Å². The van der Waals surface area contributed by atoms with Crippen LogP contribution in [0.2, 0.25) is 0 Å². The van der Waals surface area contributed by atoms with Gasteiger partial charge in [-0.05, 0) is 6.08 Å². The highest BCUT2D eigenvalue weighted by molar-refractivity contribution is 8.11. The van der Waals surface area contributed by atoms with Gasteiger partial charge in [-0.3, -0.25) is 0 Å². The molecule has 0 aromatic heterocycles. The van der Waals surface area contributed by atoms with Gasteiger partial charge in [-0.15, -0.1) is 12.6 Å². The minimum Gasteiger partial charge on any atom is -0.348 e. The molecule has 0 bridgehead atoms. The Bertz CT molecular complexity index is 119. The lowest BCUT2D eigenvalue weighted by Crippen LogP contribution is -2.06. The Labute approximate surface area is 58.9 Å². The molecule has 0 aliphatic heterocycles. The molecule has 0 aromatic carbocycles. The molecule has 0 fully saturated rings. The van der Waals surface area contributed by atoms with Gasteiger partial charge < -0.3 is 10.7 Å². The predicted molar refractivity (Wildman–Crippen MR) is 42.6 cm³/mol. The second kappa shape index (κ2) is 4.80. The second-order valence-corrected chi connectivity index (χ2v) is 2.13. The van der Waals surface area contributed by atoms with Gasteiger partial charge in [-0.1, -0.05) is 12.2 Å². The van der Waals surface area contributed by atoms with Crippen LogP contribution >= 0.6 is 24.8 Å². The number of hydrogen-bond acceptors (Lipinski definition) is 2. The monoisotopic (exact) mass is 146 g/mol. The Morgan fingerprint density at radius 2 is 2.38 bits per heavy atom. The number of thiocarbonyl (C=S) groups is 1. The van der Waals surface area contributed by atoms with Crippen LogP contribution < -0.4 is 5.32 Å². The van der Waals surface area contributed by atoms with Crippen LogP contribution in [0.25, 0.3) is 0 Å². The summed E-state index contributed by atoms with van der Waals surface area (Å²) in [6.07, 6.45) is 4.21. The van der Waals surface area contributed by atoms with E-state index in [4.69, 9.17) is 5.41 Å². The molecule has 4 heteroatoms. The lowest BCUT2D eigenvalue weighted by atomic mass is 10.7. The fourth-order valence-electron chi connectivity index (χ4n) is 0.168. The Kier molecular flexibility index (Phi) is 4.59. The number of hydrogen-bond donors (Lipinski definition) is 3. The molecular formula is C4H6N2S2. The van der Waals surface area contributed by atoms with Gasteiger partial charge in [0.2, 0.25) is 0 Å². The molecule has 0 aliphatic carbocycles. The molecule has 0 radical (unpaired) electrons. The second-order valence-electron chi connectivity index (χ2n) is 0.975. The van der Waals surface area contributed by atoms with E-state index in [-0.39, 0.29) is 0 Å². The van der Waals surface area contributed by atoms with Gasteiger partial charge in [0, 0.05) is 12.4 Å². The van der Waals surface area contributed by atoms with Gasteiger partial charge in [-0.2, -0.15) is 0 Å². The highest BCUT2D eigenvalue weighted by Crippen LogP contribution is 1.75. The number of thiol groups is 1. The van der Waals surface area contributed by atoms with E-state index in [0.717, 1.165) is 6.21 Å². The lowest BCUT2D eigenvalue weighted by molar-refractivity contribution is 1.35. The van der Waals surface area contributed by atoms with Crippen molar-refractivity contribution in [3.05, 3.63) is 12.3 Å². The van der Waals surface area contributed by atoms with Crippen LogP contribution in [0.4, 0.5) is 0 Å². The molecular weight excluding hydrogens is 140 g/mol. The summed E-state index contributed by atoms with van der Waals surface area (Å²) in [7, 11) is 0. The van der Waals surface area contributed by atoms with Crippen molar-refractivity contribution < 1.29 is 0 Å². The van der Waals surface area contributed by atoms with Crippen LogP contribution in [0.15, 0.2) is 12.3 Å². The molecule has 44 valence electrons. The van der Waals surface area contributed by atoms with Gasteiger partial charge in [0.05, 0.1) is 0 Å². The Balaban J connectivity index is 3.29. The summed E-state index contributed by atoms with van der Waals surface area (Å²) in [5, 5.41) is 9.14. The van der Waals surface area contributed by atoms with Gasteiger partial charge in [0.1, 0.15) is 4.32 Å². The fraction of sp³-hybridized carbons (Fsp3) is 0. The summed E-state index contributed by atoms with van der Waals surface area (Å²) in [5.74, 6) is 0. The van der Waals surface area contributed by atoms with E-state index in [1.54, 1.807) is 6.20 Å². The molecule has 0 unspecified atom stereocenters. The third kappa shape index (κ3) is 5.65. The minimum atomic E-state index is 0.406. The van der Waals surface area contributed by atoms with Crippen LogP contribution in [0.5, 0.6) is 0 Å². The molecule has 8 heavy (non-hydrogen) atoms. The predicted octanol–water partition coefficient (Wildman–Crippen LogP) is 0.954. The summed E-state index contributed by atoms with van der Waals surface area (Å²) in [4.78, 5) is 0. The number of nitrogens with one attached hydrogen (secondary N) is 2. The van der Waals surface area contributed by atoms with Crippen molar-refractivity contribution in [2.45, 2.75) is 0 Å². The highest BCUT2D eigenvalue weighted by atomic mass is 32.1. The molecule has 0 saturated heterocycles. The molecule has 0 aliphatic rings. The Hall–Kier alpha value is -0.350. The average Bonchev–Trinajstić information content (AvgIpc) is 1.66. The van der Waals surface area contributed by atoms with Crippen molar-refractivity contribution in [2.75, 3.05) is 0 Å². The zero-order valence-corrected chi connectivity index (χ0v) is 5.80. The Morgan fingerprint density at radius 1 is 1.75 bits per heavy atom. The lowest BCUT2D eigenvalue weighted by Gasteiger charge is -1.88. The van der Waals surface area contributed by atoms with Gasteiger partial charge in [-0.25, -0.2) is 0 Å². The molecule has 2 N–H and O–H groups in total. The van der Waals surface area contributed by atoms with E-state index in [1.807, 2.05) is 0 Å². The SMILES string of the molecule is N=C/C=C\NC(=S)S. The number of allylic oxidation sites excluding steroid dienone is 1. The van der Waals surface area contributed by atoms with Gasteiger partial charge in [0.15, 0.2) is 0 Å². The standard InChI is InChI=1S/C4H6N2S2/c5-2-1-3-6-4(7)8/h1-3,5H,(H2,6,7,8)/b3-1-,5-2?. The maximum absolute atomic E-state index is 6.53. The first kappa shape index (κ1) is 7.65. The minimum absolute atomic E-state index is 0.406. The van der Waals surface area contributed by atoms with E-state index >= 15 is 0 Å². The van der Waals surface area contributed by atoms with Crippen LogP contribution in [-0.4, -0.2) is 10.5 Å². The molecule has 0 saturated carbocycles. The van der Waals surface area contributed by atoms with Crippen molar-refractivity contribution in [1.82, 2.24) is 5.32 Å². The van der Waals surface area contributed by atoms with Crippen LogP contribution in [0.3, 0.4) is 0 Å². The third-order valence-corrected chi connectivity index (χ3v) is 0.646. The van der Waals surface area contributed by atoms with E-state index in [1.165, 1.54) is 6.08 Å². The number of rotatable bonds is 2. The molecule has 0 spiro atoms. The van der Waals surface area contributed by atoms with E-state index in [2.05, 4.69) is 30.2 Å². The third-order valence-electron chi connectivity index (χ3n) is 0.399. The van der Waals surface area contributed by atoms with E-state index in [9.17, 15) is 0 Å². The summed E-state index contributed by atoms with van der Waals surface area (Å²) < 4.78 is 0.406. The van der Waals surface area contributed by atoms with Crippen LogP contribution in [-0.2, 0) is 0 Å². The largest absolute Gasteiger partial charge is 0.348 e. The highest BCUT2D eigenvalue weighted by Gasteiger charge is 1.74. The average molecular weight is 146 g/mol. The van der Waals surface area contributed by atoms with Gasteiger partial charge >= 0.3 is 0 Å². The molecule has 0 rings (SSSR count). The zero-order chi connectivity index (χ0) is 6.41. The van der Waals surface area contributed by atoms with Crippen LogP contribution in [0.1, 0.15) is 0 Å².